The lowest BCUT2D eigenvalue weighted by Gasteiger charge is -2.25. The summed E-state index contributed by atoms with van der Waals surface area (Å²) in [6.07, 6.45) is -0.296. The predicted octanol–water partition coefficient (Wildman–Crippen LogP) is 8.13. The van der Waals surface area contributed by atoms with Crippen LogP contribution in [-0.4, -0.2) is 31.4 Å². The highest BCUT2D eigenvalue weighted by molar-refractivity contribution is 5.97. The van der Waals surface area contributed by atoms with Crippen LogP contribution in [0.2, 0.25) is 0 Å². The van der Waals surface area contributed by atoms with Gasteiger partial charge in [-0.25, -0.2) is 4.79 Å². The first kappa shape index (κ1) is 27.7. The number of para-hydroxylation sites is 1. The summed E-state index contributed by atoms with van der Waals surface area (Å²) in [6.45, 7) is 4.01. The van der Waals surface area contributed by atoms with Gasteiger partial charge in [-0.2, -0.15) is 18.3 Å². The number of phenolic OH excluding ortho intramolecular Hbond substituents is 1. The minimum absolute atomic E-state index is 0.0296. The molecule has 3 aromatic carbocycles. The molecule has 1 unspecified atom stereocenters. The van der Waals surface area contributed by atoms with Crippen molar-refractivity contribution in [2.24, 2.45) is 10.2 Å². The fraction of sp³-hybridized carbons (Fsp3) is 0.194. The number of nitrogens with zero attached hydrogens (tertiary/aromatic N) is 3. The average molecular weight is 562 g/mol. The number of phenols is 1. The SMILES string of the molecule is CC(C)c1ccc(-n2c(O)c(N=NC3(C(=O)O)C=CC=C(c4ccccc4O)C3)c3ccc(C(F)(F)F)cc32)cc1. The number of alkyl halides is 3. The Kier molecular flexibility index (Phi) is 6.94. The Labute approximate surface area is 233 Å². The molecular formula is C31H26F3N3O4. The molecule has 0 bridgehead atoms. The third-order valence-corrected chi connectivity index (χ3v) is 7.14. The van der Waals surface area contributed by atoms with E-state index in [0.717, 1.165) is 17.7 Å². The molecule has 3 N–H and O–H groups in total. The van der Waals surface area contributed by atoms with Crippen molar-refractivity contribution in [3.63, 3.8) is 0 Å². The van der Waals surface area contributed by atoms with Crippen molar-refractivity contribution in [1.29, 1.82) is 0 Å². The van der Waals surface area contributed by atoms with E-state index in [9.17, 15) is 33.3 Å². The Morgan fingerprint density at radius 2 is 1.73 bits per heavy atom. The van der Waals surface area contributed by atoms with Gasteiger partial charge in [0.15, 0.2) is 5.69 Å². The first-order chi connectivity index (χ1) is 19.4. The number of azo groups is 1. The van der Waals surface area contributed by atoms with E-state index >= 15 is 0 Å². The van der Waals surface area contributed by atoms with Gasteiger partial charge in [0, 0.05) is 23.1 Å². The molecule has 1 aliphatic rings. The summed E-state index contributed by atoms with van der Waals surface area (Å²) >= 11 is 0. The number of carboxylic acids is 1. The topological polar surface area (TPSA) is 107 Å². The van der Waals surface area contributed by atoms with Crippen LogP contribution in [0.3, 0.4) is 0 Å². The molecule has 41 heavy (non-hydrogen) atoms. The molecule has 1 atom stereocenters. The van der Waals surface area contributed by atoms with E-state index in [-0.39, 0.29) is 34.7 Å². The van der Waals surface area contributed by atoms with Gasteiger partial charge in [-0.3, -0.25) is 4.57 Å². The van der Waals surface area contributed by atoms with Crippen molar-refractivity contribution in [2.75, 3.05) is 0 Å². The fourth-order valence-corrected chi connectivity index (χ4v) is 4.86. The Morgan fingerprint density at radius 1 is 1.02 bits per heavy atom. The van der Waals surface area contributed by atoms with Gasteiger partial charge in [-0.05, 0) is 59.5 Å². The van der Waals surface area contributed by atoms with E-state index < -0.39 is 29.1 Å². The summed E-state index contributed by atoms with van der Waals surface area (Å²) < 4.78 is 42.1. The third-order valence-electron chi connectivity index (χ3n) is 7.14. The Bertz CT molecular complexity index is 1730. The average Bonchev–Trinajstić information content (AvgIpc) is 3.22. The first-order valence-corrected chi connectivity index (χ1v) is 12.8. The van der Waals surface area contributed by atoms with Crippen molar-refractivity contribution < 1.29 is 33.3 Å². The van der Waals surface area contributed by atoms with Crippen LogP contribution >= 0.6 is 0 Å². The summed E-state index contributed by atoms with van der Waals surface area (Å²) in [5, 5.41) is 40.2. The highest BCUT2D eigenvalue weighted by atomic mass is 19.4. The molecule has 1 aliphatic carbocycles. The number of allylic oxidation sites excluding steroid dienone is 2. The Morgan fingerprint density at radius 3 is 2.37 bits per heavy atom. The molecule has 4 aromatic rings. The lowest BCUT2D eigenvalue weighted by atomic mass is 9.84. The van der Waals surface area contributed by atoms with Crippen LogP contribution in [0.4, 0.5) is 18.9 Å². The van der Waals surface area contributed by atoms with Gasteiger partial charge in [0.25, 0.3) is 0 Å². The number of carbonyl (C=O) groups is 1. The van der Waals surface area contributed by atoms with E-state index in [1.807, 2.05) is 26.0 Å². The minimum atomic E-state index is -4.63. The van der Waals surface area contributed by atoms with E-state index in [1.165, 1.54) is 28.9 Å². The number of benzene rings is 3. The number of hydrogen-bond acceptors (Lipinski definition) is 5. The Hall–Kier alpha value is -4.86. The summed E-state index contributed by atoms with van der Waals surface area (Å²) in [6, 6.07) is 16.4. The summed E-state index contributed by atoms with van der Waals surface area (Å²) in [4.78, 5) is 12.5. The summed E-state index contributed by atoms with van der Waals surface area (Å²) in [5.41, 5.74) is -0.621. The maximum absolute atomic E-state index is 13.6. The van der Waals surface area contributed by atoms with Crippen molar-refractivity contribution in [3.05, 3.63) is 102 Å². The number of carboxylic acid groups (broad SMARTS) is 1. The van der Waals surface area contributed by atoms with Crippen LogP contribution in [0.25, 0.3) is 22.2 Å². The maximum atomic E-state index is 13.6. The zero-order valence-corrected chi connectivity index (χ0v) is 22.1. The molecule has 0 spiro atoms. The molecule has 210 valence electrons. The molecular weight excluding hydrogens is 535 g/mol. The molecule has 1 aromatic heterocycles. The number of aliphatic carboxylic acids is 1. The monoisotopic (exact) mass is 561 g/mol. The van der Waals surface area contributed by atoms with Crippen molar-refractivity contribution in [2.45, 2.75) is 37.9 Å². The van der Waals surface area contributed by atoms with Crippen LogP contribution in [0.5, 0.6) is 11.6 Å². The molecule has 5 rings (SSSR count). The molecule has 1 heterocycles. The number of halogens is 3. The largest absolute Gasteiger partial charge is 0.507 e. The van der Waals surface area contributed by atoms with Gasteiger partial charge in [-0.15, -0.1) is 5.11 Å². The van der Waals surface area contributed by atoms with Gasteiger partial charge < -0.3 is 15.3 Å². The van der Waals surface area contributed by atoms with Crippen LogP contribution < -0.4 is 0 Å². The zero-order valence-electron chi connectivity index (χ0n) is 22.1. The van der Waals surface area contributed by atoms with Gasteiger partial charge in [0.2, 0.25) is 11.4 Å². The minimum Gasteiger partial charge on any atom is -0.507 e. The van der Waals surface area contributed by atoms with Crippen LogP contribution in [0, 0.1) is 0 Å². The van der Waals surface area contributed by atoms with E-state index in [4.69, 9.17) is 0 Å². The van der Waals surface area contributed by atoms with Crippen molar-refractivity contribution >= 4 is 28.1 Å². The molecule has 0 aliphatic heterocycles. The van der Waals surface area contributed by atoms with Crippen molar-refractivity contribution in [3.8, 4) is 17.3 Å². The number of hydrogen-bond donors (Lipinski definition) is 3. The maximum Gasteiger partial charge on any atom is 0.416 e. The molecule has 0 amide bonds. The second-order valence-electron chi connectivity index (χ2n) is 10.2. The predicted molar refractivity (Wildman–Crippen MR) is 149 cm³/mol. The van der Waals surface area contributed by atoms with Crippen LogP contribution in [-0.2, 0) is 11.0 Å². The van der Waals surface area contributed by atoms with Gasteiger partial charge in [0.1, 0.15) is 5.75 Å². The molecule has 7 nitrogen and oxygen atoms in total. The highest BCUT2D eigenvalue weighted by Gasteiger charge is 2.40. The first-order valence-electron chi connectivity index (χ1n) is 12.8. The molecule has 0 fully saturated rings. The highest BCUT2D eigenvalue weighted by Crippen LogP contribution is 2.45. The molecule has 0 saturated carbocycles. The summed E-state index contributed by atoms with van der Waals surface area (Å²) in [7, 11) is 0. The third kappa shape index (κ3) is 5.08. The van der Waals surface area contributed by atoms with Gasteiger partial charge in [0.05, 0.1) is 11.1 Å². The van der Waals surface area contributed by atoms with Crippen LogP contribution in [0.1, 0.15) is 42.9 Å². The van der Waals surface area contributed by atoms with Gasteiger partial charge >= 0.3 is 12.1 Å². The number of aromatic hydroxyl groups is 2. The van der Waals surface area contributed by atoms with E-state index in [1.54, 1.807) is 36.4 Å². The lowest BCUT2D eigenvalue weighted by Crippen LogP contribution is -2.35. The van der Waals surface area contributed by atoms with E-state index in [0.29, 0.717) is 16.8 Å². The fourth-order valence-electron chi connectivity index (χ4n) is 4.86. The number of aromatic nitrogens is 1. The second-order valence-corrected chi connectivity index (χ2v) is 10.2. The van der Waals surface area contributed by atoms with Crippen LogP contribution in [0.15, 0.2) is 95.2 Å². The molecule has 0 saturated heterocycles. The molecule has 10 heteroatoms. The van der Waals surface area contributed by atoms with Crippen molar-refractivity contribution in [1.82, 2.24) is 4.57 Å². The Balaban J connectivity index is 1.64. The van der Waals surface area contributed by atoms with E-state index in [2.05, 4.69) is 10.2 Å². The second kappa shape index (κ2) is 10.3. The zero-order chi connectivity index (χ0) is 29.5. The van der Waals surface area contributed by atoms with Gasteiger partial charge in [-0.1, -0.05) is 56.3 Å². The molecule has 0 radical (unpaired) electrons. The quantitative estimate of drug-likeness (QED) is 0.207. The smallest absolute Gasteiger partial charge is 0.416 e. The number of rotatable bonds is 6. The lowest BCUT2D eigenvalue weighted by molar-refractivity contribution is -0.141. The number of fused-ring (bicyclic) bond motifs is 1. The standard InChI is InChI=1S/C31H26F3N3O4/c1-18(2)19-9-12-22(13-10-19)37-25-16-21(31(32,33)34)11-14-24(25)27(28(37)39)35-36-30(29(40)41)15-5-6-20(17-30)23-7-3-4-8-26(23)38/h3-16,18,38-39H,17H2,1-2H3,(H,40,41). The normalized spacial score (nSPS) is 17.5. The summed E-state index contributed by atoms with van der Waals surface area (Å²) in [5.74, 6) is -1.63.